The fraction of sp³-hybridized carbons (Fsp3) is 0.586. The zero-order valence-corrected chi connectivity index (χ0v) is 22.2. The first-order valence-corrected chi connectivity index (χ1v) is 12.8. The van der Waals surface area contributed by atoms with Crippen LogP contribution in [0, 0.1) is 28.1 Å². The molecule has 8 heteroatoms. The van der Waals surface area contributed by atoms with E-state index in [-0.39, 0.29) is 12.2 Å². The average Bonchev–Trinajstić information content (AvgIpc) is 3.36. The largest absolute Gasteiger partial charge is 0.472 e. The summed E-state index contributed by atoms with van der Waals surface area (Å²) < 4.78 is 22.0. The van der Waals surface area contributed by atoms with Gasteiger partial charge in [0, 0.05) is 29.4 Å². The van der Waals surface area contributed by atoms with Crippen LogP contribution in [0.4, 0.5) is 0 Å². The van der Waals surface area contributed by atoms with E-state index < -0.39 is 58.2 Å². The molecule has 0 N–H and O–H groups in total. The lowest BCUT2D eigenvalue weighted by atomic mass is 9.43. The summed E-state index contributed by atoms with van der Waals surface area (Å²) in [6.07, 6.45) is 5.14. The third-order valence-corrected chi connectivity index (χ3v) is 9.60. The maximum Gasteiger partial charge on any atom is 0.331 e. The van der Waals surface area contributed by atoms with Gasteiger partial charge in [-0.05, 0) is 49.3 Å². The van der Waals surface area contributed by atoms with E-state index in [1.54, 1.807) is 18.6 Å². The molecule has 0 spiro atoms. The standard InChI is InChI=1S/C29H34O8/c1-15(30)36-26-18-11-17-19(29(5,24(18)33)21(27(26,2)3)13-22(31)34-6)7-9-28(4)20(17)12-23(32)37-25(28)16-8-10-35-14-16/h8,10,12,14,18,21,25-26H,7,9,11,13H2,1-6H3/t18-,21-,25-,26+,28+,29-/m0/s1. The molecular weight excluding hydrogens is 476 g/mol. The van der Waals surface area contributed by atoms with Crippen molar-refractivity contribution in [1.82, 2.24) is 0 Å². The van der Waals surface area contributed by atoms with Gasteiger partial charge in [0.05, 0.1) is 37.4 Å². The van der Waals surface area contributed by atoms with Crippen LogP contribution in [-0.4, -0.2) is 36.9 Å². The van der Waals surface area contributed by atoms with Crippen LogP contribution in [0.2, 0.25) is 0 Å². The van der Waals surface area contributed by atoms with Crippen LogP contribution in [0.1, 0.15) is 72.0 Å². The number of allylic oxidation sites excluding steroid dienone is 2. The first-order valence-electron chi connectivity index (χ1n) is 12.8. The van der Waals surface area contributed by atoms with E-state index in [4.69, 9.17) is 18.6 Å². The van der Waals surface area contributed by atoms with Crippen LogP contribution in [0.3, 0.4) is 0 Å². The topological polar surface area (TPSA) is 109 Å². The normalized spacial score (nSPS) is 36.1. The first-order chi connectivity index (χ1) is 17.4. The number of hydrogen-bond donors (Lipinski definition) is 0. The van der Waals surface area contributed by atoms with Gasteiger partial charge in [-0.2, -0.15) is 0 Å². The summed E-state index contributed by atoms with van der Waals surface area (Å²) in [6.45, 7) is 9.28. The minimum atomic E-state index is -0.971. The Morgan fingerprint density at radius 1 is 1.16 bits per heavy atom. The fourth-order valence-corrected chi connectivity index (χ4v) is 7.83. The van der Waals surface area contributed by atoms with E-state index in [0.29, 0.717) is 19.3 Å². The Kier molecular flexibility index (Phi) is 5.81. The summed E-state index contributed by atoms with van der Waals surface area (Å²) in [5.41, 5.74) is 1.40. The molecule has 2 heterocycles. The van der Waals surface area contributed by atoms with Gasteiger partial charge in [0.15, 0.2) is 0 Å². The number of hydrogen-bond acceptors (Lipinski definition) is 8. The van der Waals surface area contributed by atoms with Crippen molar-refractivity contribution in [2.24, 2.45) is 28.1 Å². The Morgan fingerprint density at radius 2 is 1.89 bits per heavy atom. The fourth-order valence-electron chi connectivity index (χ4n) is 7.83. The second kappa shape index (κ2) is 8.43. The van der Waals surface area contributed by atoms with Gasteiger partial charge >= 0.3 is 17.9 Å². The highest BCUT2D eigenvalue weighted by molar-refractivity contribution is 5.96. The molecule has 1 fully saturated rings. The zero-order valence-electron chi connectivity index (χ0n) is 22.2. The van der Waals surface area contributed by atoms with Gasteiger partial charge in [-0.1, -0.05) is 26.3 Å². The lowest BCUT2D eigenvalue weighted by Crippen LogP contribution is -2.64. The van der Waals surface area contributed by atoms with Crippen LogP contribution in [0.5, 0.6) is 0 Å². The SMILES string of the molecule is COC(=O)C[C@H]1C(C)(C)[C@H](OC(C)=O)[C@H]2CC3=C(CC[C@]4(C)C3=CC(=O)O[C@H]4c3ccoc3)[C@]1(C)C2=O. The van der Waals surface area contributed by atoms with Gasteiger partial charge in [0.1, 0.15) is 18.0 Å². The highest BCUT2D eigenvalue weighted by Gasteiger charge is 2.67. The lowest BCUT2D eigenvalue weighted by Gasteiger charge is -2.61. The van der Waals surface area contributed by atoms with Crippen LogP contribution in [-0.2, 0) is 33.4 Å². The molecule has 4 aliphatic rings. The summed E-state index contributed by atoms with van der Waals surface area (Å²) >= 11 is 0. The number of esters is 3. The number of furan rings is 1. The van der Waals surface area contributed by atoms with Crippen LogP contribution >= 0.6 is 0 Å². The van der Waals surface area contributed by atoms with Crippen molar-refractivity contribution in [3.05, 3.63) is 47.0 Å². The van der Waals surface area contributed by atoms with Crippen molar-refractivity contribution >= 4 is 23.7 Å². The second-order valence-corrected chi connectivity index (χ2v) is 11.9. The van der Waals surface area contributed by atoms with E-state index in [2.05, 4.69) is 6.92 Å². The average molecular weight is 511 g/mol. The third kappa shape index (κ3) is 3.55. The molecule has 2 bridgehead atoms. The quantitative estimate of drug-likeness (QED) is 0.425. The van der Waals surface area contributed by atoms with Crippen molar-refractivity contribution in [2.75, 3.05) is 7.11 Å². The van der Waals surface area contributed by atoms with Crippen molar-refractivity contribution in [3.63, 3.8) is 0 Å². The maximum atomic E-state index is 14.2. The Labute approximate surface area is 216 Å². The van der Waals surface area contributed by atoms with E-state index in [1.807, 2.05) is 26.8 Å². The molecule has 1 saturated carbocycles. The molecule has 5 rings (SSSR count). The van der Waals surface area contributed by atoms with Gasteiger partial charge in [0.2, 0.25) is 0 Å². The molecular formula is C29H34O8. The molecule has 0 aromatic carbocycles. The Morgan fingerprint density at radius 3 is 2.51 bits per heavy atom. The number of fused-ring (bicyclic) bond motifs is 5. The number of carbonyl (C=O) groups excluding carboxylic acids is 4. The van der Waals surface area contributed by atoms with Crippen LogP contribution in [0.25, 0.3) is 0 Å². The highest BCUT2D eigenvalue weighted by Crippen LogP contribution is 2.66. The molecule has 37 heavy (non-hydrogen) atoms. The molecule has 198 valence electrons. The number of rotatable bonds is 4. The van der Waals surface area contributed by atoms with Gasteiger partial charge in [-0.15, -0.1) is 0 Å². The molecule has 0 amide bonds. The molecule has 0 radical (unpaired) electrons. The number of Topliss-reactive ketones (excluding diaryl/α,β-unsaturated/α-hetero) is 1. The van der Waals surface area contributed by atoms with E-state index in [9.17, 15) is 19.2 Å². The van der Waals surface area contributed by atoms with Gasteiger partial charge in [-0.3, -0.25) is 14.4 Å². The summed E-state index contributed by atoms with van der Waals surface area (Å²) in [4.78, 5) is 51.9. The van der Waals surface area contributed by atoms with Crippen LogP contribution < -0.4 is 0 Å². The first kappa shape index (κ1) is 25.5. The van der Waals surface area contributed by atoms with Gasteiger partial charge in [-0.25, -0.2) is 4.79 Å². The predicted molar refractivity (Wildman–Crippen MR) is 131 cm³/mol. The monoisotopic (exact) mass is 510 g/mol. The lowest BCUT2D eigenvalue weighted by molar-refractivity contribution is -0.186. The highest BCUT2D eigenvalue weighted by atomic mass is 16.6. The van der Waals surface area contributed by atoms with Gasteiger partial charge in [0.25, 0.3) is 0 Å². The number of ketones is 1. The van der Waals surface area contributed by atoms with Crippen molar-refractivity contribution in [1.29, 1.82) is 0 Å². The Bertz CT molecular complexity index is 1230. The van der Waals surface area contributed by atoms with E-state index >= 15 is 0 Å². The summed E-state index contributed by atoms with van der Waals surface area (Å²) in [5.74, 6) is -2.40. The second-order valence-electron chi connectivity index (χ2n) is 11.9. The molecule has 8 nitrogen and oxygen atoms in total. The van der Waals surface area contributed by atoms with Crippen molar-refractivity contribution in [3.8, 4) is 0 Å². The third-order valence-electron chi connectivity index (χ3n) is 9.60. The molecule has 1 aromatic rings. The summed E-state index contributed by atoms with van der Waals surface area (Å²) in [7, 11) is 1.33. The summed E-state index contributed by atoms with van der Waals surface area (Å²) in [6, 6.07) is 1.81. The number of carbonyl (C=O) groups is 4. The van der Waals surface area contributed by atoms with Crippen molar-refractivity contribution in [2.45, 2.75) is 72.5 Å². The molecule has 0 unspecified atom stereocenters. The molecule has 0 saturated heterocycles. The van der Waals surface area contributed by atoms with E-state index in [1.165, 1.54) is 14.0 Å². The number of ether oxygens (including phenoxy) is 3. The maximum absolute atomic E-state index is 14.2. The predicted octanol–water partition coefficient (Wildman–Crippen LogP) is 4.65. The van der Waals surface area contributed by atoms with Crippen molar-refractivity contribution < 1.29 is 37.8 Å². The number of cyclic esters (lactones) is 1. The smallest absolute Gasteiger partial charge is 0.331 e. The minimum absolute atomic E-state index is 0.0142. The molecule has 1 aliphatic heterocycles. The van der Waals surface area contributed by atoms with Crippen LogP contribution in [0.15, 0.2) is 45.8 Å². The zero-order chi connectivity index (χ0) is 26.9. The molecule has 6 atom stereocenters. The molecule has 1 aromatic heterocycles. The van der Waals surface area contributed by atoms with E-state index in [0.717, 1.165) is 22.3 Å². The summed E-state index contributed by atoms with van der Waals surface area (Å²) in [5, 5.41) is 0. The Balaban J connectivity index is 1.70. The van der Waals surface area contributed by atoms with Gasteiger partial charge < -0.3 is 18.6 Å². The number of methoxy groups -OCH3 is 1. The molecule has 3 aliphatic carbocycles. The minimum Gasteiger partial charge on any atom is -0.472 e. The Hall–Kier alpha value is -3.16.